The van der Waals surface area contributed by atoms with Crippen molar-refractivity contribution in [2.24, 2.45) is 23.7 Å². The van der Waals surface area contributed by atoms with Crippen molar-refractivity contribution in [3.63, 3.8) is 0 Å². The van der Waals surface area contributed by atoms with E-state index in [-0.39, 0.29) is 11.8 Å². The fourth-order valence-electron chi connectivity index (χ4n) is 4.89. The van der Waals surface area contributed by atoms with Gasteiger partial charge in [0.15, 0.2) is 18.2 Å². The van der Waals surface area contributed by atoms with Gasteiger partial charge in [-0.15, -0.1) is 0 Å². The molecule has 5 heteroatoms. The van der Waals surface area contributed by atoms with E-state index in [4.69, 9.17) is 19.2 Å². The Morgan fingerprint density at radius 1 is 1.05 bits per heavy atom. The molecule has 0 aromatic heterocycles. The first-order valence-corrected chi connectivity index (χ1v) is 7.84. The summed E-state index contributed by atoms with van der Waals surface area (Å²) in [6.45, 7) is 6.22. The number of rotatable bonds is 0. The van der Waals surface area contributed by atoms with Crippen LogP contribution in [0.2, 0.25) is 0 Å². The lowest BCUT2D eigenvalue weighted by atomic mass is 9.58. The maximum Gasteiger partial charge on any atom is 0.201 e. The molecule has 5 fully saturated rings. The fraction of sp³-hybridized carbons (Fsp3) is 1.00. The first-order chi connectivity index (χ1) is 9.46. The van der Waals surface area contributed by atoms with Gasteiger partial charge in [-0.2, -0.15) is 0 Å². The van der Waals surface area contributed by atoms with Crippen molar-refractivity contribution in [2.75, 3.05) is 0 Å². The van der Waals surface area contributed by atoms with Crippen LogP contribution in [0.1, 0.15) is 46.5 Å². The average Bonchev–Trinajstić information content (AvgIpc) is 2.63. The zero-order valence-corrected chi connectivity index (χ0v) is 12.4. The Labute approximate surface area is 119 Å². The van der Waals surface area contributed by atoms with Gasteiger partial charge in [-0.1, -0.05) is 13.8 Å². The highest BCUT2D eigenvalue weighted by molar-refractivity contribution is 5.08. The summed E-state index contributed by atoms with van der Waals surface area (Å²) in [6, 6.07) is 0. The van der Waals surface area contributed by atoms with Crippen molar-refractivity contribution in [3.8, 4) is 0 Å². The lowest BCUT2D eigenvalue weighted by molar-refractivity contribution is -0.576. The van der Waals surface area contributed by atoms with Gasteiger partial charge in [0.2, 0.25) is 5.79 Å². The summed E-state index contributed by atoms with van der Waals surface area (Å²) in [4.78, 5) is 11.6. The molecule has 2 unspecified atom stereocenters. The zero-order chi connectivity index (χ0) is 14.1. The molecular weight excluding hydrogens is 260 g/mol. The van der Waals surface area contributed by atoms with Gasteiger partial charge in [0, 0.05) is 18.3 Å². The molecule has 1 N–H and O–H groups in total. The molecular formula is C15H24O5. The number of aliphatic hydroxyl groups excluding tert-OH is 1. The molecule has 0 radical (unpaired) electrons. The molecule has 0 aromatic carbocycles. The fourth-order valence-corrected chi connectivity index (χ4v) is 4.89. The van der Waals surface area contributed by atoms with Crippen LogP contribution >= 0.6 is 0 Å². The van der Waals surface area contributed by atoms with Crippen LogP contribution in [0.5, 0.6) is 0 Å². The van der Waals surface area contributed by atoms with Crippen LogP contribution in [0.4, 0.5) is 0 Å². The van der Waals surface area contributed by atoms with E-state index in [2.05, 4.69) is 6.92 Å². The smallest absolute Gasteiger partial charge is 0.201 e. The molecule has 0 aromatic rings. The van der Waals surface area contributed by atoms with E-state index in [1.165, 1.54) is 6.42 Å². The maximum absolute atomic E-state index is 10.2. The van der Waals surface area contributed by atoms with Crippen LogP contribution in [0.3, 0.4) is 0 Å². The van der Waals surface area contributed by atoms with Gasteiger partial charge in [0.25, 0.3) is 0 Å². The second kappa shape index (κ2) is 4.17. The van der Waals surface area contributed by atoms with E-state index in [0.29, 0.717) is 11.8 Å². The molecule has 1 spiro atoms. The molecule has 0 amide bonds. The minimum absolute atomic E-state index is 0.0379. The second-order valence-electron chi connectivity index (χ2n) is 7.30. The third kappa shape index (κ3) is 1.56. The van der Waals surface area contributed by atoms with Gasteiger partial charge in [-0.3, -0.25) is 0 Å². The Bertz CT molecular complexity index is 411. The van der Waals surface area contributed by atoms with Crippen molar-refractivity contribution in [2.45, 2.75) is 70.4 Å². The molecule has 114 valence electrons. The quantitative estimate of drug-likeness (QED) is 0.691. The van der Waals surface area contributed by atoms with Gasteiger partial charge in [-0.25, -0.2) is 9.78 Å². The Morgan fingerprint density at radius 2 is 1.85 bits per heavy atom. The number of hydrogen-bond acceptors (Lipinski definition) is 5. The summed E-state index contributed by atoms with van der Waals surface area (Å²) < 4.78 is 11.9. The number of fused-ring (bicyclic) bond motifs is 2. The lowest BCUT2D eigenvalue weighted by Gasteiger charge is -2.59. The highest BCUT2D eigenvalue weighted by Gasteiger charge is 2.69. The van der Waals surface area contributed by atoms with Gasteiger partial charge in [0.1, 0.15) is 0 Å². The van der Waals surface area contributed by atoms with Gasteiger partial charge < -0.3 is 14.6 Å². The van der Waals surface area contributed by atoms with Gasteiger partial charge in [-0.05, 0) is 38.0 Å². The van der Waals surface area contributed by atoms with E-state index >= 15 is 0 Å². The van der Waals surface area contributed by atoms with Crippen LogP contribution in [0, 0.1) is 23.7 Å². The minimum Gasteiger partial charge on any atom is -0.368 e. The molecule has 4 aliphatic heterocycles. The Morgan fingerprint density at radius 3 is 2.65 bits per heavy atom. The van der Waals surface area contributed by atoms with E-state index in [1.807, 2.05) is 13.8 Å². The first-order valence-electron chi connectivity index (χ1n) is 7.84. The van der Waals surface area contributed by atoms with Gasteiger partial charge in [0.05, 0.1) is 0 Å². The van der Waals surface area contributed by atoms with Gasteiger partial charge >= 0.3 is 0 Å². The molecule has 1 saturated carbocycles. The average molecular weight is 284 g/mol. The standard InChI is InChI=1S/C15H24O5/c1-8-4-5-11-9(2)12(16)17-13-15(11)10(8)6-7-14(3,18-13)19-20-15/h8-13,16H,4-7H2,1-3H3/t8-,9-,10?,11+,12?,13-,14-,15-/m1/s1. The summed E-state index contributed by atoms with van der Waals surface area (Å²) in [7, 11) is 0. The van der Waals surface area contributed by atoms with Crippen molar-refractivity contribution in [1.29, 1.82) is 0 Å². The summed E-state index contributed by atoms with van der Waals surface area (Å²) in [5, 5.41) is 10.2. The predicted octanol–water partition coefficient (Wildman–Crippen LogP) is 2.19. The minimum atomic E-state index is -0.781. The van der Waals surface area contributed by atoms with Crippen molar-refractivity contribution < 1.29 is 24.4 Å². The zero-order valence-electron chi connectivity index (χ0n) is 12.4. The van der Waals surface area contributed by atoms with Crippen LogP contribution in [0.15, 0.2) is 0 Å². The predicted molar refractivity (Wildman–Crippen MR) is 69.0 cm³/mol. The Hall–Kier alpha value is -0.200. The summed E-state index contributed by atoms with van der Waals surface area (Å²) in [6.07, 6.45) is 2.72. The molecule has 1 aliphatic carbocycles. The molecule has 8 atom stereocenters. The molecule has 4 heterocycles. The molecule has 5 aliphatic rings. The van der Waals surface area contributed by atoms with E-state index in [9.17, 15) is 5.11 Å². The summed E-state index contributed by atoms with van der Waals surface area (Å²) in [5.41, 5.74) is -0.549. The Balaban J connectivity index is 1.82. The topological polar surface area (TPSA) is 57.2 Å². The third-order valence-corrected chi connectivity index (χ3v) is 6.12. The van der Waals surface area contributed by atoms with Crippen molar-refractivity contribution >= 4 is 0 Å². The first kappa shape index (κ1) is 13.5. The van der Waals surface area contributed by atoms with Crippen LogP contribution in [0.25, 0.3) is 0 Å². The highest BCUT2D eigenvalue weighted by atomic mass is 17.3. The van der Waals surface area contributed by atoms with E-state index in [1.54, 1.807) is 0 Å². The monoisotopic (exact) mass is 284 g/mol. The second-order valence-corrected chi connectivity index (χ2v) is 7.30. The lowest BCUT2D eigenvalue weighted by Crippen LogP contribution is -2.70. The molecule has 5 nitrogen and oxygen atoms in total. The molecule has 20 heavy (non-hydrogen) atoms. The van der Waals surface area contributed by atoms with Crippen LogP contribution in [-0.2, 0) is 19.2 Å². The maximum atomic E-state index is 10.2. The largest absolute Gasteiger partial charge is 0.368 e. The van der Waals surface area contributed by atoms with Crippen LogP contribution in [-0.4, -0.2) is 29.1 Å². The van der Waals surface area contributed by atoms with Crippen molar-refractivity contribution in [3.05, 3.63) is 0 Å². The third-order valence-electron chi connectivity index (χ3n) is 6.12. The number of aliphatic hydroxyl groups is 1. The summed E-state index contributed by atoms with van der Waals surface area (Å²) >= 11 is 0. The summed E-state index contributed by atoms with van der Waals surface area (Å²) in [5.74, 6) is 0.437. The molecule has 2 bridgehead atoms. The number of hydrogen-bond donors (Lipinski definition) is 1. The Kier molecular flexibility index (Phi) is 2.81. The molecule has 4 saturated heterocycles. The van der Waals surface area contributed by atoms with Crippen molar-refractivity contribution in [1.82, 2.24) is 0 Å². The normalized spacial score (nSPS) is 61.8. The van der Waals surface area contributed by atoms with E-state index in [0.717, 1.165) is 19.3 Å². The molecule has 5 rings (SSSR count). The van der Waals surface area contributed by atoms with Crippen LogP contribution < -0.4 is 0 Å². The van der Waals surface area contributed by atoms with E-state index < -0.39 is 24.0 Å². The highest BCUT2D eigenvalue weighted by Crippen LogP contribution is 2.60. The number of ether oxygens (including phenoxy) is 2. The SMILES string of the molecule is C[C@@H]1CC[C@H]2[C@@H](C)C(O)O[C@@H]3O[C@@]4(C)CCC1[C@]32OO4.